The second kappa shape index (κ2) is 8.34. The number of rotatable bonds is 2. The van der Waals surface area contributed by atoms with Crippen LogP contribution in [0.15, 0.2) is 23.3 Å². The van der Waals surface area contributed by atoms with Crippen molar-refractivity contribution in [1.82, 2.24) is 9.78 Å². The van der Waals surface area contributed by atoms with Crippen LogP contribution < -0.4 is 0 Å². The summed E-state index contributed by atoms with van der Waals surface area (Å²) < 4.78 is 20.8. The monoisotopic (exact) mass is 566 g/mol. The summed E-state index contributed by atoms with van der Waals surface area (Å²) in [7, 11) is 1.79. The van der Waals surface area contributed by atoms with Crippen LogP contribution >= 0.6 is 0 Å². The fourth-order valence-electron chi connectivity index (χ4n) is 10.3. The summed E-state index contributed by atoms with van der Waals surface area (Å²) in [6, 6.07) is 0. The van der Waals surface area contributed by atoms with Gasteiger partial charge in [-0.05, 0) is 86.7 Å². The standard InChI is InChI=1S/C33H46N2O6/c1-17-14-32-18(2)15-31(7)24(29(31,3)4)21(25(32)36)13-19-16-39-30(5,6)41-27(19)33(32,38)26(17)40-28(37)23-20-11-9-10-12-22(20)34-35(23)8/h13-14,18,21,24-27,36,38H,9-12,15-16H2,1-8H3/t18-,21+,24-,25?,26+,27-,31?,32+,33-/m1/s1. The van der Waals surface area contributed by atoms with Crippen LogP contribution in [0.1, 0.15) is 89.5 Å². The minimum atomic E-state index is -1.73. The van der Waals surface area contributed by atoms with Gasteiger partial charge in [0.25, 0.3) is 0 Å². The molecule has 2 unspecified atom stereocenters. The van der Waals surface area contributed by atoms with E-state index in [1.165, 1.54) is 0 Å². The number of hydrogen-bond acceptors (Lipinski definition) is 7. The van der Waals surface area contributed by atoms with Crippen LogP contribution in [0.2, 0.25) is 0 Å². The molecular weight excluding hydrogens is 520 g/mol. The SMILES string of the molecule is CC1=C[C@]23C(O)[C@@H](C=C4COC(C)(C)O[C@H]4[C@]2(O)[C@H]1OC(=O)c1c2c(nn1C)CCCC2)[C@@H]1C(C)(C)C1(C)C[C@H]3C. The summed E-state index contributed by atoms with van der Waals surface area (Å²) in [6.07, 6.45) is 6.03. The molecule has 9 atom stereocenters. The highest BCUT2D eigenvalue weighted by Crippen LogP contribution is 2.79. The van der Waals surface area contributed by atoms with Gasteiger partial charge in [0.15, 0.2) is 11.9 Å². The van der Waals surface area contributed by atoms with Crippen molar-refractivity contribution in [1.29, 1.82) is 0 Å². The Hall–Kier alpha value is -2.00. The molecule has 2 bridgehead atoms. The second-order valence-electron chi connectivity index (χ2n) is 15.2. The Labute approximate surface area is 243 Å². The molecular formula is C33H46N2O6. The second-order valence-corrected chi connectivity index (χ2v) is 15.2. The fraction of sp³-hybridized carbons (Fsp3) is 0.758. The maximum absolute atomic E-state index is 14.0. The van der Waals surface area contributed by atoms with Gasteiger partial charge in [-0.1, -0.05) is 39.8 Å². The Kier molecular flexibility index (Phi) is 5.65. The first-order chi connectivity index (χ1) is 19.1. The zero-order chi connectivity index (χ0) is 29.5. The number of aromatic nitrogens is 2. The number of esters is 1. The highest BCUT2D eigenvalue weighted by atomic mass is 16.7. The van der Waals surface area contributed by atoms with Gasteiger partial charge in [0, 0.05) is 18.5 Å². The van der Waals surface area contributed by atoms with E-state index in [1.54, 1.807) is 11.7 Å². The van der Waals surface area contributed by atoms with E-state index in [0.717, 1.165) is 54.5 Å². The minimum absolute atomic E-state index is 0.00625. The first-order valence-electron chi connectivity index (χ1n) is 15.5. The molecule has 1 saturated heterocycles. The maximum Gasteiger partial charge on any atom is 0.357 e. The lowest BCUT2D eigenvalue weighted by atomic mass is 9.57. The molecule has 2 N–H and O–H groups in total. The molecule has 2 heterocycles. The van der Waals surface area contributed by atoms with Gasteiger partial charge in [-0.3, -0.25) is 4.68 Å². The molecule has 1 spiro atoms. The Morgan fingerprint density at radius 1 is 1.17 bits per heavy atom. The number of carbonyl (C=O) groups is 1. The highest BCUT2D eigenvalue weighted by Gasteiger charge is 2.80. The molecule has 7 rings (SSSR count). The van der Waals surface area contributed by atoms with Crippen molar-refractivity contribution in [3.63, 3.8) is 0 Å². The van der Waals surface area contributed by atoms with E-state index in [2.05, 4.69) is 38.9 Å². The van der Waals surface area contributed by atoms with E-state index in [4.69, 9.17) is 14.2 Å². The lowest BCUT2D eigenvalue weighted by Crippen LogP contribution is -2.69. The van der Waals surface area contributed by atoms with E-state index in [1.807, 2.05) is 26.8 Å². The predicted octanol–water partition coefficient (Wildman–Crippen LogP) is 4.27. The number of aryl methyl sites for hydroxylation is 2. The molecule has 8 nitrogen and oxygen atoms in total. The number of aliphatic hydroxyl groups excluding tert-OH is 1. The zero-order valence-corrected chi connectivity index (χ0v) is 25.8. The van der Waals surface area contributed by atoms with E-state index in [0.29, 0.717) is 5.69 Å². The third-order valence-corrected chi connectivity index (χ3v) is 12.5. The predicted molar refractivity (Wildman–Crippen MR) is 152 cm³/mol. The number of aliphatic hydroxyl groups is 2. The summed E-state index contributed by atoms with van der Waals surface area (Å²) in [4.78, 5) is 14.0. The third-order valence-electron chi connectivity index (χ3n) is 12.5. The molecule has 2 saturated carbocycles. The summed E-state index contributed by atoms with van der Waals surface area (Å²) in [5, 5.41) is 30.5. The van der Waals surface area contributed by atoms with Crippen LogP contribution in [0.25, 0.3) is 0 Å². The van der Waals surface area contributed by atoms with Gasteiger partial charge in [-0.2, -0.15) is 5.10 Å². The molecule has 224 valence electrons. The maximum atomic E-state index is 14.0. The molecule has 5 aliphatic carbocycles. The van der Waals surface area contributed by atoms with Crippen molar-refractivity contribution in [3.05, 3.63) is 40.2 Å². The zero-order valence-electron chi connectivity index (χ0n) is 25.8. The Balaban J connectivity index is 1.38. The lowest BCUT2D eigenvalue weighted by molar-refractivity contribution is -0.312. The fourth-order valence-corrected chi connectivity index (χ4v) is 10.3. The number of carbonyl (C=O) groups excluding carboxylic acids is 1. The van der Waals surface area contributed by atoms with Crippen LogP contribution in [-0.4, -0.2) is 62.3 Å². The molecule has 6 aliphatic rings. The van der Waals surface area contributed by atoms with Gasteiger partial charge >= 0.3 is 5.97 Å². The normalized spacial score (nSPS) is 45.1. The average molecular weight is 567 g/mol. The first-order valence-corrected chi connectivity index (χ1v) is 15.5. The molecule has 41 heavy (non-hydrogen) atoms. The van der Waals surface area contributed by atoms with Gasteiger partial charge in [0.1, 0.15) is 17.4 Å². The van der Waals surface area contributed by atoms with E-state index >= 15 is 0 Å². The highest BCUT2D eigenvalue weighted by molar-refractivity contribution is 5.90. The van der Waals surface area contributed by atoms with E-state index in [-0.39, 0.29) is 35.2 Å². The molecule has 3 fully saturated rings. The average Bonchev–Trinajstić information content (AvgIpc) is 3.10. The van der Waals surface area contributed by atoms with Crippen LogP contribution in [0, 0.1) is 34.0 Å². The lowest BCUT2D eigenvalue weighted by Gasteiger charge is -2.55. The Bertz CT molecular complexity index is 1390. The molecule has 0 radical (unpaired) electrons. The quantitative estimate of drug-likeness (QED) is 0.407. The number of ether oxygens (including phenoxy) is 3. The topological polar surface area (TPSA) is 103 Å². The van der Waals surface area contributed by atoms with Gasteiger partial charge in [0.2, 0.25) is 0 Å². The van der Waals surface area contributed by atoms with E-state index < -0.39 is 41.1 Å². The Morgan fingerprint density at radius 3 is 2.61 bits per heavy atom. The van der Waals surface area contributed by atoms with Crippen LogP contribution in [0.3, 0.4) is 0 Å². The minimum Gasteiger partial charge on any atom is -0.450 e. The Morgan fingerprint density at radius 2 is 1.88 bits per heavy atom. The summed E-state index contributed by atoms with van der Waals surface area (Å²) in [5.41, 5.74) is 1.16. The van der Waals surface area contributed by atoms with Gasteiger partial charge in [-0.25, -0.2) is 4.79 Å². The summed E-state index contributed by atoms with van der Waals surface area (Å²) in [5.74, 6) is -1.50. The van der Waals surface area contributed by atoms with Crippen molar-refractivity contribution >= 4 is 5.97 Å². The first kappa shape index (κ1) is 27.8. The largest absolute Gasteiger partial charge is 0.450 e. The number of fused-ring (bicyclic) bond motifs is 6. The molecule has 1 aromatic rings. The molecule has 0 amide bonds. The number of hydrogen-bond donors (Lipinski definition) is 2. The summed E-state index contributed by atoms with van der Waals surface area (Å²) in [6.45, 7) is 15.0. The van der Waals surface area contributed by atoms with Crippen LogP contribution in [0.5, 0.6) is 0 Å². The van der Waals surface area contributed by atoms with Gasteiger partial charge in [-0.15, -0.1) is 0 Å². The van der Waals surface area contributed by atoms with Crippen LogP contribution in [-0.2, 0) is 34.1 Å². The van der Waals surface area contributed by atoms with Crippen LogP contribution in [0.4, 0.5) is 0 Å². The van der Waals surface area contributed by atoms with E-state index in [9.17, 15) is 15.0 Å². The van der Waals surface area contributed by atoms with Crippen molar-refractivity contribution in [3.8, 4) is 0 Å². The number of nitrogens with zero attached hydrogens (tertiary/aromatic N) is 2. The van der Waals surface area contributed by atoms with Crippen molar-refractivity contribution in [2.24, 2.45) is 41.0 Å². The third kappa shape index (κ3) is 3.31. The van der Waals surface area contributed by atoms with Crippen molar-refractivity contribution in [2.75, 3.05) is 6.61 Å². The molecule has 0 aromatic carbocycles. The van der Waals surface area contributed by atoms with Gasteiger partial charge in [0.05, 0.1) is 23.8 Å². The van der Waals surface area contributed by atoms with Crippen molar-refractivity contribution < 1.29 is 29.2 Å². The smallest absolute Gasteiger partial charge is 0.357 e. The van der Waals surface area contributed by atoms with Crippen molar-refractivity contribution in [2.45, 2.75) is 110 Å². The summed E-state index contributed by atoms with van der Waals surface area (Å²) >= 11 is 0. The molecule has 1 aromatic heterocycles. The molecule has 1 aliphatic heterocycles. The van der Waals surface area contributed by atoms with Gasteiger partial charge < -0.3 is 24.4 Å². The molecule has 8 heteroatoms.